The lowest BCUT2D eigenvalue weighted by molar-refractivity contribution is -0.121. The Hall–Kier alpha value is -3.09. The molecule has 2 N–H and O–H groups in total. The molecular weight excluding hydrogens is 332 g/mol. The molecule has 136 valence electrons. The number of furan rings is 1. The molecule has 1 aromatic carbocycles. The Morgan fingerprint density at radius 1 is 1.12 bits per heavy atom. The SMILES string of the molecule is CCCNC(=O)Cn1c(CCNC(=O)c2ccco2)nc2ccccc21. The molecule has 26 heavy (non-hydrogen) atoms. The first kappa shape index (κ1) is 17.7. The molecule has 3 rings (SSSR count). The number of hydrogen-bond acceptors (Lipinski definition) is 4. The van der Waals surface area contributed by atoms with Gasteiger partial charge in [-0.25, -0.2) is 4.98 Å². The number of amides is 2. The van der Waals surface area contributed by atoms with Crippen molar-refractivity contribution >= 4 is 22.8 Å². The van der Waals surface area contributed by atoms with Crippen LogP contribution in [0.25, 0.3) is 11.0 Å². The number of aromatic nitrogens is 2. The smallest absolute Gasteiger partial charge is 0.286 e. The zero-order valence-electron chi connectivity index (χ0n) is 14.7. The number of nitrogens with one attached hydrogen (secondary N) is 2. The number of imidazole rings is 1. The summed E-state index contributed by atoms with van der Waals surface area (Å²) in [5, 5.41) is 5.69. The van der Waals surface area contributed by atoms with Crippen LogP contribution in [0.3, 0.4) is 0 Å². The van der Waals surface area contributed by atoms with E-state index in [0.717, 1.165) is 23.3 Å². The fraction of sp³-hybridized carbons (Fsp3) is 0.316. The van der Waals surface area contributed by atoms with Crippen LogP contribution in [-0.4, -0.2) is 34.5 Å². The summed E-state index contributed by atoms with van der Waals surface area (Å²) >= 11 is 0. The Balaban J connectivity index is 1.71. The van der Waals surface area contributed by atoms with E-state index in [1.165, 1.54) is 6.26 Å². The van der Waals surface area contributed by atoms with Crippen LogP contribution in [0.1, 0.15) is 29.7 Å². The fourth-order valence-corrected chi connectivity index (χ4v) is 2.74. The van der Waals surface area contributed by atoms with Crippen LogP contribution in [0.15, 0.2) is 47.1 Å². The first-order valence-corrected chi connectivity index (χ1v) is 8.71. The Labute approximate surface area is 151 Å². The lowest BCUT2D eigenvalue weighted by Gasteiger charge is -2.10. The van der Waals surface area contributed by atoms with E-state index >= 15 is 0 Å². The third-order valence-corrected chi connectivity index (χ3v) is 3.99. The molecule has 0 atom stereocenters. The second-order valence-corrected chi connectivity index (χ2v) is 5.94. The maximum absolute atomic E-state index is 12.2. The van der Waals surface area contributed by atoms with Crippen molar-refractivity contribution in [3.63, 3.8) is 0 Å². The quantitative estimate of drug-likeness (QED) is 0.648. The minimum absolute atomic E-state index is 0.0455. The van der Waals surface area contributed by atoms with Gasteiger partial charge in [0.25, 0.3) is 5.91 Å². The standard InChI is InChI=1S/C19H22N4O3/c1-2-10-20-18(24)13-23-15-7-4-3-6-14(15)22-17(23)9-11-21-19(25)16-8-5-12-26-16/h3-8,12H,2,9-11,13H2,1H3,(H,20,24)(H,21,25). The summed E-state index contributed by atoms with van der Waals surface area (Å²) < 4.78 is 6.98. The van der Waals surface area contributed by atoms with Crippen LogP contribution in [0.2, 0.25) is 0 Å². The van der Waals surface area contributed by atoms with Crippen molar-refractivity contribution in [3.8, 4) is 0 Å². The Kier molecular flexibility index (Phi) is 5.68. The van der Waals surface area contributed by atoms with Crippen LogP contribution in [-0.2, 0) is 17.8 Å². The van der Waals surface area contributed by atoms with Gasteiger partial charge in [0.05, 0.1) is 17.3 Å². The number of hydrogen-bond donors (Lipinski definition) is 2. The van der Waals surface area contributed by atoms with Gasteiger partial charge in [-0.1, -0.05) is 19.1 Å². The molecule has 0 aliphatic heterocycles. The average Bonchev–Trinajstić information content (AvgIpc) is 3.29. The van der Waals surface area contributed by atoms with Crippen molar-refractivity contribution < 1.29 is 14.0 Å². The minimum atomic E-state index is -0.265. The number of benzene rings is 1. The van der Waals surface area contributed by atoms with Crippen LogP contribution in [0.4, 0.5) is 0 Å². The molecule has 2 amide bonds. The van der Waals surface area contributed by atoms with Gasteiger partial charge in [-0.05, 0) is 30.7 Å². The highest BCUT2D eigenvalue weighted by Crippen LogP contribution is 2.16. The lowest BCUT2D eigenvalue weighted by atomic mass is 10.3. The molecular formula is C19H22N4O3. The van der Waals surface area contributed by atoms with Gasteiger partial charge >= 0.3 is 0 Å². The van der Waals surface area contributed by atoms with Crippen LogP contribution >= 0.6 is 0 Å². The van der Waals surface area contributed by atoms with E-state index in [-0.39, 0.29) is 24.1 Å². The van der Waals surface area contributed by atoms with Crippen molar-refractivity contribution in [1.82, 2.24) is 20.2 Å². The van der Waals surface area contributed by atoms with Gasteiger partial charge in [0, 0.05) is 19.5 Å². The lowest BCUT2D eigenvalue weighted by Crippen LogP contribution is -2.30. The molecule has 7 heteroatoms. The predicted molar refractivity (Wildman–Crippen MR) is 97.8 cm³/mol. The fourth-order valence-electron chi connectivity index (χ4n) is 2.74. The summed E-state index contributed by atoms with van der Waals surface area (Å²) in [6.45, 7) is 3.28. The number of carbonyl (C=O) groups is 2. The van der Waals surface area contributed by atoms with Crippen molar-refractivity contribution in [2.45, 2.75) is 26.3 Å². The largest absolute Gasteiger partial charge is 0.459 e. The van der Waals surface area contributed by atoms with E-state index in [1.807, 2.05) is 35.8 Å². The molecule has 0 bridgehead atoms. The minimum Gasteiger partial charge on any atom is -0.459 e. The summed E-state index contributed by atoms with van der Waals surface area (Å²) in [5.41, 5.74) is 1.75. The number of fused-ring (bicyclic) bond motifs is 1. The van der Waals surface area contributed by atoms with Crippen molar-refractivity contribution in [2.75, 3.05) is 13.1 Å². The Bertz CT molecular complexity index is 883. The van der Waals surface area contributed by atoms with E-state index in [4.69, 9.17) is 4.42 Å². The van der Waals surface area contributed by atoms with Gasteiger partial charge in [-0.3, -0.25) is 9.59 Å². The Morgan fingerprint density at radius 3 is 2.73 bits per heavy atom. The normalized spacial score (nSPS) is 10.8. The topological polar surface area (TPSA) is 89.2 Å². The molecule has 0 spiro atoms. The van der Waals surface area contributed by atoms with Crippen LogP contribution in [0, 0.1) is 0 Å². The number of para-hydroxylation sites is 2. The van der Waals surface area contributed by atoms with Gasteiger partial charge < -0.3 is 19.6 Å². The molecule has 0 radical (unpaired) electrons. The first-order chi connectivity index (χ1) is 12.7. The van der Waals surface area contributed by atoms with E-state index < -0.39 is 0 Å². The molecule has 0 saturated heterocycles. The third-order valence-electron chi connectivity index (χ3n) is 3.99. The molecule has 0 saturated carbocycles. The second-order valence-electron chi connectivity index (χ2n) is 5.94. The van der Waals surface area contributed by atoms with Crippen LogP contribution < -0.4 is 10.6 Å². The van der Waals surface area contributed by atoms with Gasteiger partial charge in [-0.15, -0.1) is 0 Å². The summed E-state index contributed by atoms with van der Waals surface area (Å²) in [4.78, 5) is 28.7. The third kappa shape index (κ3) is 4.11. The highest BCUT2D eigenvalue weighted by molar-refractivity contribution is 5.91. The van der Waals surface area contributed by atoms with Crippen molar-refractivity contribution in [3.05, 3.63) is 54.2 Å². The molecule has 0 unspecified atom stereocenters. The number of rotatable bonds is 8. The zero-order valence-corrected chi connectivity index (χ0v) is 14.7. The monoisotopic (exact) mass is 354 g/mol. The molecule has 0 aliphatic carbocycles. The van der Waals surface area contributed by atoms with Gasteiger partial charge in [0.1, 0.15) is 12.4 Å². The maximum atomic E-state index is 12.2. The predicted octanol–water partition coefficient (Wildman–Crippen LogP) is 2.13. The molecule has 0 fully saturated rings. The van der Waals surface area contributed by atoms with Gasteiger partial charge in [0.2, 0.25) is 5.91 Å². The highest BCUT2D eigenvalue weighted by Gasteiger charge is 2.14. The van der Waals surface area contributed by atoms with Gasteiger partial charge in [0.15, 0.2) is 5.76 Å². The molecule has 0 aliphatic rings. The number of nitrogens with zero attached hydrogens (tertiary/aromatic N) is 2. The van der Waals surface area contributed by atoms with Crippen molar-refractivity contribution in [2.24, 2.45) is 0 Å². The van der Waals surface area contributed by atoms with E-state index in [0.29, 0.717) is 19.5 Å². The summed E-state index contributed by atoms with van der Waals surface area (Å²) in [6, 6.07) is 11.0. The van der Waals surface area contributed by atoms with Crippen molar-refractivity contribution in [1.29, 1.82) is 0 Å². The highest BCUT2D eigenvalue weighted by atomic mass is 16.3. The van der Waals surface area contributed by atoms with E-state index in [1.54, 1.807) is 12.1 Å². The van der Waals surface area contributed by atoms with Gasteiger partial charge in [-0.2, -0.15) is 0 Å². The molecule has 2 heterocycles. The average molecular weight is 354 g/mol. The first-order valence-electron chi connectivity index (χ1n) is 8.71. The Morgan fingerprint density at radius 2 is 1.96 bits per heavy atom. The summed E-state index contributed by atoms with van der Waals surface area (Å²) in [5.74, 6) is 0.726. The van der Waals surface area contributed by atoms with Crippen LogP contribution in [0.5, 0.6) is 0 Å². The maximum Gasteiger partial charge on any atom is 0.286 e. The number of carbonyl (C=O) groups excluding carboxylic acids is 2. The zero-order chi connectivity index (χ0) is 18.4. The molecule has 3 aromatic rings. The van der Waals surface area contributed by atoms with E-state index in [2.05, 4.69) is 15.6 Å². The summed E-state index contributed by atoms with van der Waals surface area (Å²) in [6.07, 6.45) is 2.87. The molecule has 2 aromatic heterocycles. The van der Waals surface area contributed by atoms with E-state index in [9.17, 15) is 9.59 Å². The molecule has 7 nitrogen and oxygen atoms in total. The second kappa shape index (κ2) is 8.33. The summed E-state index contributed by atoms with van der Waals surface area (Å²) in [7, 11) is 0.